The molecule has 0 bridgehead atoms. The summed E-state index contributed by atoms with van der Waals surface area (Å²) in [5, 5.41) is 6.40. The topological polar surface area (TPSA) is 62.2 Å². The highest BCUT2D eigenvalue weighted by Crippen LogP contribution is 2.30. The maximum absolute atomic E-state index is 15.2. The van der Waals surface area contributed by atoms with E-state index in [-0.39, 0.29) is 5.52 Å². The van der Waals surface area contributed by atoms with E-state index in [0.29, 0.717) is 34.7 Å². The van der Waals surface area contributed by atoms with E-state index < -0.39 is 5.82 Å². The lowest BCUT2D eigenvalue weighted by Crippen LogP contribution is -2.16. The van der Waals surface area contributed by atoms with E-state index in [1.54, 1.807) is 25.5 Å². The van der Waals surface area contributed by atoms with Crippen molar-refractivity contribution in [2.75, 3.05) is 24.7 Å². The van der Waals surface area contributed by atoms with Gasteiger partial charge in [0.2, 0.25) is 6.41 Å². The Bertz CT molecular complexity index is 1410. The van der Waals surface area contributed by atoms with Crippen LogP contribution in [0.5, 0.6) is 0 Å². The van der Waals surface area contributed by atoms with Crippen molar-refractivity contribution in [3.8, 4) is 5.69 Å². The summed E-state index contributed by atoms with van der Waals surface area (Å²) in [5.74, 6) is -0.417. The number of fused-ring (bicyclic) bond motifs is 1. The number of hydrogen-bond acceptors (Lipinski definition) is 4. The number of nitrogens with one attached hydrogen (secondary N) is 2. The Labute approximate surface area is 208 Å². The molecule has 4 rings (SSSR count). The molecule has 0 atom stereocenters. The molecule has 178 valence electrons. The zero-order chi connectivity index (χ0) is 24.9. The number of imidazole rings is 1. The average molecular weight is 490 g/mol. The second kappa shape index (κ2) is 10.4. The van der Waals surface area contributed by atoms with Crippen LogP contribution >= 0.6 is 11.6 Å². The maximum atomic E-state index is 15.2. The molecule has 0 fully saturated rings. The molecule has 1 aromatic heterocycles. The van der Waals surface area contributed by atoms with Crippen molar-refractivity contribution < 1.29 is 9.18 Å². The first kappa shape index (κ1) is 24.0. The monoisotopic (exact) mass is 489 g/mol. The fourth-order valence-electron chi connectivity index (χ4n) is 4.01. The lowest BCUT2D eigenvalue weighted by Gasteiger charge is -2.23. The smallest absolute Gasteiger partial charge is 0.211 e. The van der Waals surface area contributed by atoms with Crippen LogP contribution in [0.1, 0.15) is 11.1 Å². The molecule has 0 radical (unpaired) electrons. The normalized spacial score (nSPS) is 11.4. The van der Waals surface area contributed by atoms with Gasteiger partial charge in [0.15, 0.2) is 5.82 Å². The standard InChI is InChI=1S/C27H25ClFN5O/c1-4-5-25(33(3)15-18-6-8-20(28)9-7-18)19-12-22(29)27-26(13-19)34(16-31-27)21-10-11-23(32-17-35)24(14-21)30-2/h4-14,16-17,30H,1,15H2,2-3H3,(H,32,35)/b25-5-. The third-order valence-corrected chi connectivity index (χ3v) is 5.94. The summed E-state index contributed by atoms with van der Waals surface area (Å²) in [6.45, 7) is 4.44. The summed E-state index contributed by atoms with van der Waals surface area (Å²) in [4.78, 5) is 17.2. The Kier molecular flexibility index (Phi) is 7.17. The second-order valence-corrected chi connectivity index (χ2v) is 8.39. The molecule has 0 saturated carbocycles. The fraction of sp³-hybridized carbons (Fsp3) is 0.111. The van der Waals surface area contributed by atoms with E-state index in [1.165, 1.54) is 6.07 Å². The van der Waals surface area contributed by atoms with Crippen molar-refractivity contribution in [3.63, 3.8) is 0 Å². The zero-order valence-corrected chi connectivity index (χ0v) is 20.2. The molecule has 0 saturated heterocycles. The molecule has 0 aliphatic rings. The van der Waals surface area contributed by atoms with Crippen molar-refractivity contribution in [1.82, 2.24) is 14.5 Å². The maximum Gasteiger partial charge on any atom is 0.211 e. The molecule has 0 spiro atoms. The first-order chi connectivity index (χ1) is 16.9. The minimum Gasteiger partial charge on any atom is -0.386 e. The highest BCUT2D eigenvalue weighted by atomic mass is 35.5. The Morgan fingerprint density at radius 3 is 2.63 bits per heavy atom. The molecular formula is C27H25ClFN5O. The van der Waals surface area contributed by atoms with Gasteiger partial charge >= 0.3 is 0 Å². The molecule has 6 nitrogen and oxygen atoms in total. The molecule has 3 aromatic carbocycles. The molecule has 4 aromatic rings. The lowest BCUT2D eigenvalue weighted by molar-refractivity contribution is -0.105. The number of carbonyl (C=O) groups is 1. The van der Waals surface area contributed by atoms with Crippen LogP contribution in [0.25, 0.3) is 22.4 Å². The Balaban J connectivity index is 1.76. The van der Waals surface area contributed by atoms with Crippen LogP contribution < -0.4 is 10.6 Å². The second-order valence-electron chi connectivity index (χ2n) is 7.95. The molecule has 0 unspecified atom stereocenters. The van der Waals surface area contributed by atoms with E-state index in [4.69, 9.17) is 11.6 Å². The number of halogens is 2. The van der Waals surface area contributed by atoms with Gasteiger partial charge in [0.1, 0.15) is 11.8 Å². The SMILES string of the molecule is C=C/C=C(/c1cc(F)c2ncn(-c3ccc(NC=O)c(NC)c3)c2c1)N(C)Cc1ccc(Cl)cc1. The van der Waals surface area contributed by atoms with Crippen LogP contribution in [0.3, 0.4) is 0 Å². The third-order valence-electron chi connectivity index (χ3n) is 5.69. The lowest BCUT2D eigenvalue weighted by atomic mass is 10.1. The number of anilines is 2. The van der Waals surface area contributed by atoms with Crippen LogP contribution in [0.4, 0.5) is 15.8 Å². The fourth-order valence-corrected chi connectivity index (χ4v) is 4.14. The zero-order valence-electron chi connectivity index (χ0n) is 19.4. The Morgan fingerprint density at radius 1 is 1.17 bits per heavy atom. The third kappa shape index (κ3) is 5.05. The molecule has 0 aliphatic heterocycles. The Hall–Kier alpha value is -4.10. The highest BCUT2D eigenvalue weighted by Gasteiger charge is 2.16. The van der Waals surface area contributed by atoms with E-state index in [1.807, 2.05) is 65.1 Å². The first-order valence-electron chi connectivity index (χ1n) is 10.9. The number of amides is 1. The molecular weight excluding hydrogens is 465 g/mol. The van der Waals surface area contributed by atoms with Gasteiger partial charge in [-0.25, -0.2) is 9.37 Å². The average Bonchev–Trinajstić information content (AvgIpc) is 3.29. The van der Waals surface area contributed by atoms with Gasteiger partial charge in [-0.1, -0.05) is 36.4 Å². The number of rotatable bonds is 9. The predicted octanol–water partition coefficient (Wildman–Crippen LogP) is 6.09. The van der Waals surface area contributed by atoms with Gasteiger partial charge in [-0.2, -0.15) is 0 Å². The van der Waals surface area contributed by atoms with Gasteiger partial charge in [0.05, 0.1) is 16.9 Å². The summed E-state index contributed by atoms with van der Waals surface area (Å²) >= 11 is 6.02. The summed E-state index contributed by atoms with van der Waals surface area (Å²) in [5.41, 5.74) is 5.61. The molecule has 8 heteroatoms. The van der Waals surface area contributed by atoms with Crippen molar-refractivity contribution >= 4 is 46.1 Å². The van der Waals surface area contributed by atoms with Crippen LogP contribution in [0, 0.1) is 5.82 Å². The van der Waals surface area contributed by atoms with Gasteiger partial charge in [-0.3, -0.25) is 9.36 Å². The van der Waals surface area contributed by atoms with E-state index >= 15 is 4.39 Å². The number of allylic oxidation sites excluding steroid dienone is 2. The molecule has 1 heterocycles. The minimum atomic E-state index is -0.417. The van der Waals surface area contributed by atoms with Crippen LogP contribution in [-0.4, -0.2) is 35.0 Å². The summed E-state index contributed by atoms with van der Waals surface area (Å²) in [6.07, 6.45) is 5.76. The van der Waals surface area contributed by atoms with E-state index in [0.717, 1.165) is 22.6 Å². The molecule has 2 N–H and O–H groups in total. The van der Waals surface area contributed by atoms with Gasteiger partial charge in [-0.05, 0) is 54.1 Å². The summed E-state index contributed by atoms with van der Waals surface area (Å²) < 4.78 is 17.0. The summed E-state index contributed by atoms with van der Waals surface area (Å²) in [6, 6.07) is 16.5. The quantitative estimate of drug-likeness (QED) is 0.221. The molecule has 1 amide bonds. The van der Waals surface area contributed by atoms with Crippen LogP contribution in [-0.2, 0) is 11.3 Å². The van der Waals surface area contributed by atoms with Crippen LogP contribution in [0.15, 0.2) is 79.7 Å². The minimum absolute atomic E-state index is 0.271. The van der Waals surface area contributed by atoms with Crippen molar-refractivity contribution in [2.24, 2.45) is 0 Å². The van der Waals surface area contributed by atoms with Gasteiger partial charge in [0, 0.05) is 42.6 Å². The predicted molar refractivity (Wildman–Crippen MR) is 141 cm³/mol. The number of carbonyl (C=O) groups excluding carboxylic acids is 1. The van der Waals surface area contributed by atoms with Crippen molar-refractivity contribution in [1.29, 1.82) is 0 Å². The largest absolute Gasteiger partial charge is 0.386 e. The molecule has 35 heavy (non-hydrogen) atoms. The van der Waals surface area contributed by atoms with Crippen LogP contribution in [0.2, 0.25) is 5.02 Å². The number of aromatic nitrogens is 2. The Morgan fingerprint density at radius 2 is 1.94 bits per heavy atom. The van der Waals surface area contributed by atoms with E-state index in [2.05, 4.69) is 22.2 Å². The summed E-state index contributed by atoms with van der Waals surface area (Å²) in [7, 11) is 3.71. The van der Waals surface area contributed by atoms with Gasteiger partial charge in [-0.15, -0.1) is 0 Å². The van der Waals surface area contributed by atoms with Crippen molar-refractivity contribution in [2.45, 2.75) is 6.54 Å². The molecule has 0 aliphatic carbocycles. The number of nitrogens with zero attached hydrogens (tertiary/aromatic N) is 3. The van der Waals surface area contributed by atoms with Gasteiger partial charge in [0.25, 0.3) is 0 Å². The number of benzene rings is 3. The first-order valence-corrected chi connectivity index (χ1v) is 11.3. The van der Waals surface area contributed by atoms with E-state index in [9.17, 15) is 4.79 Å². The van der Waals surface area contributed by atoms with Crippen molar-refractivity contribution in [3.05, 3.63) is 102 Å². The van der Waals surface area contributed by atoms with Gasteiger partial charge < -0.3 is 15.5 Å². The highest BCUT2D eigenvalue weighted by molar-refractivity contribution is 6.30. The number of hydrogen-bond donors (Lipinski definition) is 2.